The molecule has 0 spiro atoms. The van der Waals surface area contributed by atoms with Gasteiger partial charge in [-0.2, -0.15) is 0 Å². The Morgan fingerprint density at radius 2 is 2.00 bits per heavy atom. The summed E-state index contributed by atoms with van der Waals surface area (Å²) in [6, 6.07) is 8.08. The van der Waals surface area contributed by atoms with E-state index in [2.05, 4.69) is 43.7 Å². The van der Waals surface area contributed by atoms with E-state index in [1.807, 2.05) is 12.1 Å². The van der Waals surface area contributed by atoms with E-state index in [1.54, 1.807) is 0 Å². The minimum Gasteiger partial charge on any atom is -0.397 e. The highest BCUT2D eigenvalue weighted by Crippen LogP contribution is 2.22. The Labute approximate surface area is 102 Å². The first-order chi connectivity index (χ1) is 7.97. The summed E-state index contributed by atoms with van der Waals surface area (Å²) in [5.74, 6) is 0. The van der Waals surface area contributed by atoms with E-state index in [0.29, 0.717) is 6.61 Å². The van der Waals surface area contributed by atoms with Gasteiger partial charge in [-0.3, -0.25) is 0 Å². The summed E-state index contributed by atoms with van der Waals surface area (Å²) >= 11 is 0. The van der Waals surface area contributed by atoms with Gasteiger partial charge in [0.15, 0.2) is 0 Å². The van der Waals surface area contributed by atoms with Gasteiger partial charge in [0.2, 0.25) is 0 Å². The van der Waals surface area contributed by atoms with Gasteiger partial charge in [-0.15, -0.1) is 0 Å². The van der Waals surface area contributed by atoms with E-state index in [9.17, 15) is 0 Å². The lowest BCUT2D eigenvalue weighted by Gasteiger charge is -2.20. The molecule has 17 heavy (non-hydrogen) atoms. The van der Waals surface area contributed by atoms with Gasteiger partial charge in [0.05, 0.1) is 23.4 Å². The van der Waals surface area contributed by atoms with Gasteiger partial charge in [-0.25, -0.2) is 0 Å². The van der Waals surface area contributed by atoms with E-state index in [4.69, 9.17) is 10.5 Å². The molecule has 0 amide bonds. The van der Waals surface area contributed by atoms with Crippen molar-refractivity contribution in [2.24, 2.45) is 0 Å². The Kier molecular flexibility index (Phi) is 3.11. The normalized spacial score (nSPS) is 12.2. The maximum absolute atomic E-state index is 6.00. The molecule has 0 saturated carbocycles. The molecular formula is C14H20N2O. The first kappa shape index (κ1) is 12.0. The van der Waals surface area contributed by atoms with Gasteiger partial charge in [-0.1, -0.05) is 12.1 Å². The molecule has 3 nitrogen and oxygen atoms in total. The largest absolute Gasteiger partial charge is 0.397 e. The maximum atomic E-state index is 6.00. The fraction of sp³-hybridized carbons (Fsp3) is 0.429. The first-order valence-electron chi connectivity index (χ1n) is 5.95. The van der Waals surface area contributed by atoms with Gasteiger partial charge in [0.25, 0.3) is 0 Å². The number of hydrogen-bond donors (Lipinski definition) is 1. The van der Waals surface area contributed by atoms with Crippen LogP contribution in [0.4, 0.5) is 5.69 Å². The van der Waals surface area contributed by atoms with Crippen molar-refractivity contribution in [2.75, 3.05) is 12.3 Å². The molecule has 0 radical (unpaired) electrons. The molecular weight excluding hydrogens is 212 g/mol. The van der Waals surface area contributed by atoms with Crippen molar-refractivity contribution in [3.63, 3.8) is 0 Å². The molecule has 0 fully saturated rings. The van der Waals surface area contributed by atoms with E-state index < -0.39 is 0 Å². The van der Waals surface area contributed by atoms with Crippen molar-refractivity contribution in [2.45, 2.75) is 32.9 Å². The second-order valence-corrected chi connectivity index (χ2v) is 5.26. The van der Waals surface area contributed by atoms with Crippen LogP contribution < -0.4 is 5.73 Å². The van der Waals surface area contributed by atoms with Crippen LogP contribution in [0.1, 0.15) is 20.8 Å². The third-order valence-corrected chi connectivity index (χ3v) is 2.69. The van der Waals surface area contributed by atoms with E-state index >= 15 is 0 Å². The molecule has 1 heterocycles. The van der Waals surface area contributed by atoms with Crippen LogP contribution in [0.3, 0.4) is 0 Å². The summed E-state index contributed by atoms with van der Waals surface area (Å²) in [6.45, 7) is 7.72. The molecule has 2 N–H and O–H groups in total. The van der Waals surface area contributed by atoms with Crippen LogP contribution in [0.15, 0.2) is 30.5 Å². The lowest BCUT2D eigenvalue weighted by atomic mass is 10.2. The zero-order chi connectivity index (χ0) is 12.5. The number of para-hydroxylation sites is 1. The molecule has 2 aromatic rings. The summed E-state index contributed by atoms with van der Waals surface area (Å²) in [7, 11) is 0. The van der Waals surface area contributed by atoms with Crippen LogP contribution in [-0.2, 0) is 11.3 Å². The Hall–Kier alpha value is -1.48. The van der Waals surface area contributed by atoms with Gasteiger partial charge < -0.3 is 15.0 Å². The highest BCUT2D eigenvalue weighted by molar-refractivity contribution is 5.90. The standard InChI is InChI=1S/C14H20N2O/c1-14(2,3)17-10-9-16-8-7-11-5-4-6-12(15)13(11)16/h4-8H,9-10,15H2,1-3H3. The van der Waals surface area contributed by atoms with Crippen LogP contribution in [0, 0.1) is 0 Å². The third-order valence-electron chi connectivity index (χ3n) is 2.69. The molecule has 0 aliphatic carbocycles. The highest BCUT2D eigenvalue weighted by Gasteiger charge is 2.10. The molecule has 3 heteroatoms. The zero-order valence-corrected chi connectivity index (χ0v) is 10.7. The molecule has 0 unspecified atom stereocenters. The molecule has 2 rings (SSSR count). The van der Waals surface area contributed by atoms with Crippen LogP contribution in [0.2, 0.25) is 0 Å². The minimum absolute atomic E-state index is 0.0888. The Morgan fingerprint density at radius 1 is 1.24 bits per heavy atom. The second kappa shape index (κ2) is 4.41. The van der Waals surface area contributed by atoms with Crippen molar-refractivity contribution >= 4 is 16.6 Å². The number of rotatable bonds is 3. The van der Waals surface area contributed by atoms with Crippen molar-refractivity contribution in [3.8, 4) is 0 Å². The monoisotopic (exact) mass is 232 g/mol. The minimum atomic E-state index is -0.0888. The van der Waals surface area contributed by atoms with Gasteiger partial charge in [0, 0.05) is 18.1 Å². The average molecular weight is 232 g/mol. The van der Waals surface area contributed by atoms with E-state index in [1.165, 1.54) is 5.39 Å². The van der Waals surface area contributed by atoms with Crippen LogP contribution >= 0.6 is 0 Å². The Bertz CT molecular complexity index is 508. The van der Waals surface area contributed by atoms with E-state index in [-0.39, 0.29) is 5.60 Å². The molecule has 0 atom stereocenters. The third kappa shape index (κ3) is 2.80. The number of hydrogen-bond acceptors (Lipinski definition) is 2. The molecule has 0 saturated heterocycles. The first-order valence-corrected chi connectivity index (χ1v) is 5.95. The summed E-state index contributed by atoms with van der Waals surface area (Å²) in [5.41, 5.74) is 7.83. The predicted octanol–water partition coefficient (Wildman–Crippen LogP) is 3.04. The number of aromatic nitrogens is 1. The Balaban J connectivity index is 2.14. The molecule has 1 aromatic carbocycles. The number of nitrogens with two attached hydrogens (primary N) is 1. The van der Waals surface area contributed by atoms with Gasteiger partial charge in [0.1, 0.15) is 0 Å². The summed E-state index contributed by atoms with van der Waals surface area (Å²) in [4.78, 5) is 0. The number of nitrogens with zero attached hydrogens (tertiary/aromatic N) is 1. The van der Waals surface area contributed by atoms with Gasteiger partial charge in [-0.05, 0) is 32.9 Å². The maximum Gasteiger partial charge on any atom is 0.0714 e. The fourth-order valence-electron chi connectivity index (χ4n) is 1.93. The topological polar surface area (TPSA) is 40.2 Å². The number of benzene rings is 1. The van der Waals surface area contributed by atoms with Crippen LogP contribution in [-0.4, -0.2) is 16.8 Å². The predicted molar refractivity (Wildman–Crippen MR) is 72.1 cm³/mol. The van der Waals surface area contributed by atoms with Crippen molar-refractivity contribution in [1.29, 1.82) is 0 Å². The van der Waals surface area contributed by atoms with Crippen LogP contribution in [0.5, 0.6) is 0 Å². The SMILES string of the molecule is CC(C)(C)OCCn1ccc2cccc(N)c21. The Morgan fingerprint density at radius 3 is 2.71 bits per heavy atom. The number of nitrogen functional groups attached to an aromatic ring is 1. The van der Waals surface area contributed by atoms with Crippen molar-refractivity contribution < 1.29 is 4.74 Å². The second-order valence-electron chi connectivity index (χ2n) is 5.26. The lowest BCUT2D eigenvalue weighted by molar-refractivity contribution is -0.00643. The number of fused-ring (bicyclic) bond motifs is 1. The van der Waals surface area contributed by atoms with Crippen molar-refractivity contribution in [1.82, 2.24) is 4.57 Å². The van der Waals surface area contributed by atoms with E-state index in [0.717, 1.165) is 17.7 Å². The molecule has 0 aliphatic heterocycles. The average Bonchev–Trinajstić information content (AvgIpc) is 2.61. The summed E-state index contributed by atoms with van der Waals surface area (Å²) in [6.07, 6.45) is 2.06. The van der Waals surface area contributed by atoms with Crippen LogP contribution in [0.25, 0.3) is 10.9 Å². The lowest BCUT2D eigenvalue weighted by Crippen LogP contribution is -2.21. The molecule has 1 aromatic heterocycles. The molecule has 0 aliphatic rings. The highest BCUT2D eigenvalue weighted by atomic mass is 16.5. The fourth-order valence-corrected chi connectivity index (χ4v) is 1.93. The quantitative estimate of drug-likeness (QED) is 0.826. The summed E-state index contributed by atoms with van der Waals surface area (Å²) < 4.78 is 7.88. The zero-order valence-electron chi connectivity index (χ0n) is 10.7. The number of anilines is 1. The molecule has 92 valence electrons. The molecule has 0 bridgehead atoms. The number of ether oxygens (including phenoxy) is 1. The van der Waals surface area contributed by atoms with Crippen molar-refractivity contribution in [3.05, 3.63) is 30.5 Å². The van der Waals surface area contributed by atoms with Gasteiger partial charge >= 0.3 is 0 Å². The smallest absolute Gasteiger partial charge is 0.0714 e. The summed E-state index contributed by atoms with van der Waals surface area (Å²) in [5, 5.41) is 1.18.